The number of hydrogen-bond acceptors (Lipinski definition) is 4. The fourth-order valence-electron chi connectivity index (χ4n) is 1.73. The van der Waals surface area contributed by atoms with Crippen molar-refractivity contribution in [3.63, 3.8) is 0 Å². The van der Waals surface area contributed by atoms with Crippen molar-refractivity contribution in [2.75, 3.05) is 0 Å². The first kappa shape index (κ1) is 14.1. The van der Waals surface area contributed by atoms with Crippen LogP contribution in [0.4, 0.5) is 5.69 Å². The SMILES string of the molecule is N#CCCCCCC(O)c1cccc([N+](=O)[O-])c1. The molecule has 0 spiro atoms. The zero-order chi connectivity index (χ0) is 13.4. The summed E-state index contributed by atoms with van der Waals surface area (Å²) in [7, 11) is 0. The molecule has 1 N–H and O–H groups in total. The van der Waals surface area contributed by atoms with Gasteiger partial charge in [0.25, 0.3) is 5.69 Å². The zero-order valence-electron chi connectivity index (χ0n) is 10.1. The van der Waals surface area contributed by atoms with Gasteiger partial charge in [0, 0.05) is 18.6 Å². The lowest BCUT2D eigenvalue weighted by atomic mass is 10.0. The average molecular weight is 248 g/mol. The molecule has 0 fully saturated rings. The molecule has 18 heavy (non-hydrogen) atoms. The van der Waals surface area contributed by atoms with Gasteiger partial charge in [-0.1, -0.05) is 25.0 Å². The normalized spacial score (nSPS) is 11.8. The number of aliphatic hydroxyl groups is 1. The number of nitro groups is 1. The van der Waals surface area contributed by atoms with Gasteiger partial charge in [0.15, 0.2) is 0 Å². The van der Waals surface area contributed by atoms with Gasteiger partial charge < -0.3 is 5.11 Å². The fraction of sp³-hybridized carbons (Fsp3) is 0.462. The van der Waals surface area contributed by atoms with E-state index in [-0.39, 0.29) is 5.69 Å². The Hall–Kier alpha value is -1.93. The Balaban J connectivity index is 2.46. The minimum Gasteiger partial charge on any atom is -0.388 e. The third-order valence-electron chi connectivity index (χ3n) is 2.73. The second-order valence-electron chi connectivity index (χ2n) is 4.13. The van der Waals surface area contributed by atoms with Crippen molar-refractivity contribution < 1.29 is 10.0 Å². The van der Waals surface area contributed by atoms with E-state index in [9.17, 15) is 15.2 Å². The molecular formula is C13H16N2O3. The van der Waals surface area contributed by atoms with Crippen molar-refractivity contribution >= 4 is 5.69 Å². The van der Waals surface area contributed by atoms with Crippen LogP contribution in [0.25, 0.3) is 0 Å². The molecule has 0 radical (unpaired) electrons. The number of benzene rings is 1. The summed E-state index contributed by atoms with van der Waals surface area (Å²) in [4.78, 5) is 10.1. The maximum atomic E-state index is 10.6. The Labute approximate surface area is 106 Å². The number of rotatable bonds is 7. The predicted molar refractivity (Wildman–Crippen MR) is 66.8 cm³/mol. The monoisotopic (exact) mass is 248 g/mol. The van der Waals surface area contributed by atoms with Crippen LogP contribution in [0.1, 0.15) is 43.8 Å². The molecule has 1 aromatic carbocycles. The Morgan fingerprint density at radius 1 is 1.39 bits per heavy atom. The van der Waals surface area contributed by atoms with Crippen LogP contribution in [0.5, 0.6) is 0 Å². The zero-order valence-corrected chi connectivity index (χ0v) is 10.1. The number of non-ortho nitro benzene ring substituents is 1. The molecular weight excluding hydrogens is 232 g/mol. The number of unbranched alkanes of at least 4 members (excludes halogenated alkanes) is 3. The highest BCUT2D eigenvalue weighted by molar-refractivity contribution is 5.35. The van der Waals surface area contributed by atoms with E-state index in [1.165, 1.54) is 12.1 Å². The lowest BCUT2D eigenvalue weighted by Gasteiger charge is -2.10. The third-order valence-corrected chi connectivity index (χ3v) is 2.73. The molecule has 96 valence electrons. The Morgan fingerprint density at radius 2 is 2.17 bits per heavy atom. The van der Waals surface area contributed by atoms with Crippen LogP contribution < -0.4 is 0 Å². The van der Waals surface area contributed by atoms with Gasteiger partial charge in [0.2, 0.25) is 0 Å². The van der Waals surface area contributed by atoms with Crippen molar-refractivity contribution in [2.24, 2.45) is 0 Å². The maximum absolute atomic E-state index is 10.6. The van der Waals surface area contributed by atoms with Crippen molar-refractivity contribution in [3.05, 3.63) is 39.9 Å². The van der Waals surface area contributed by atoms with E-state index in [0.717, 1.165) is 19.3 Å². The van der Waals surface area contributed by atoms with Crippen LogP contribution in [0.15, 0.2) is 24.3 Å². The Kier molecular flexibility index (Phi) is 5.81. The molecule has 0 aliphatic carbocycles. The highest BCUT2D eigenvalue weighted by Crippen LogP contribution is 2.23. The minimum atomic E-state index is -0.674. The predicted octanol–water partition coefficient (Wildman–Crippen LogP) is 3.10. The van der Waals surface area contributed by atoms with Crippen LogP contribution in [0.2, 0.25) is 0 Å². The molecule has 5 nitrogen and oxygen atoms in total. The summed E-state index contributed by atoms with van der Waals surface area (Å²) in [5, 5.41) is 28.9. The summed E-state index contributed by atoms with van der Waals surface area (Å²) in [6.07, 6.45) is 2.95. The molecule has 0 heterocycles. The first-order valence-electron chi connectivity index (χ1n) is 5.94. The first-order chi connectivity index (χ1) is 8.65. The van der Waals surface area contributed by atoms with E-state index < -0.39 is 11.0 Å². The smallest absolute Gasteiger partial charge is 0.269 e. The van der Waals surface area contributed by atoms with Crippen LogP contribution in [-0.2, 0) is 0 Å². The van der Waals surface area contributed by atoms with Crippen LogP contribution in [0.3, 0.4) is 0 Å². The van der Waals surface area contributed by atoms with Gasteiger partial charge >= 0.3 is 0 Å². The summed E-state index contributed by atoms with van der Waals surface area (Å²) in [5.41, 5.74) is 0.570. The lowest BCUT2D eigenvalue weighted by molar-refractivity contribution is -0.385. The second-order valence-corrected chi connectivity index (χ2v) is 4.13. The fourth-order valence-corrected chi connectivity index (χ4v) is 1.73. The number of hydrogen-bond donors (Lipinski definition) is 1. The molecule has 0 amide bonds. The molecule has 0 saturated carbocycles. The van der Waals surface area contributed by atoms with Gasteiger partial charge in [-0.25, -0.2) is 0 Å². The summed E-state index contributed by atoms with van der Waals surface area (Å²) < 4.78 is 0. The van der Waals surface area contributed by atoms with Gasteiger partial charge in [-0.05, 0) is 18.4 Å². The number of nitrogens with zero attached hydrogens (tertiary/aromatic N) is 2. The molecule has 0 aliphatic rings. The van der Waals surface area contributed by atoms with Crippen LogP contribution in [0, 0.1) is 21.4 Å². The quantitative estimate of drug-likeness (QED) is 0.456. The van der Waals surface area contributed by atoms with E-state index in [4.69, 9.17) is 5.26 Å². The van der Waals surface area contributed by atoms with Gasteiger partial charge in [-0.3, -0.25) is 10.1 Å². The molecule has 0 aliphatic heterocycles. The molecule has 0 saturated heterocycles. The highest BCUT2D eigenvalue weighted by Gasteiger charge is 2.11. The molecule has 1 unspecified atom stereocenters. The molecule has 0 aromatic heterocycles. The maximum Gasteiger partial charge on any atom is 0.269 e. The molecule has 1 rings (SSSR count). The first-order valence-corrected chi connectivity index (χ1v) is 5.94. The summed E-state index contributed by atoms with van der Waals surface area (Å²) in [6.45, 7) is 0. The highest BCUT2D eigenvalue weighted by atomic mass is 16.6. The topological polar surface area (TPSA) is 87.2 Å². The average Bonchev–Trinajstić information content (AvgIpc) is 2.38. The van der Waals surface area contributed by atoms with Crippen molar-refractivity contribution in [1.29, 1.82) is 5.26 Å². The largest absolute Gasteiger partial charge is 0.388 e. The second kappa shape index (κ2) is 7.41. The molecule has 5 heteroatoms. The number of nitro benzene ring substituents is 1. The standard InChI is InChI=1S/C13H16N2O3/c14-9-4-2-1-3-8-13(16)11-6-5-7-12(10-11)15(17)18/h5-7,10,13,16H,1-4,8H2. The minimum absolute atomic E-state index is 0.00368. The van der Waals surface area contributed by atoms with E-state index in [0.29, 0.717) is 18.4 Å². The lowest BCUT2D eigenvalue weighted by Crippen LogP contribution is -1.98. The van der Waals surface area contributed by atoms with Crippen molar-refractivity contribution in [2.45, 2.75) is 38.2 Å². The summed E-state index contributed by atoms with van der Waals surface area (Å²) in [5.74, 6) is 0. The van der Waals surface area contributed by atoms with Crippen LogP contribution >= 0.6 is 0 Å². The Bertz CT molecular complexity index is 440. The number of nitriles is 1. The van der Waals surface area contributed by atoms with Crippen LogP contribution in [-0.4, -0.2) is 10.0 Å². The molecule has 1 aromatic rings. The van der Waals surface area contributed by atoms with Crippen molar-refractivity contribution in [1.82, 2.24) is 0 Å². The van der Waals surface area contributed by atoms with Gasteiger partial charge in [-0.15, -0.1) is 0 Å². The third kappa shape index (κ3) is 4.52. The number of aliphatic hydroxyl groups excluding tert-OH is 1. The van der Waals surface area contributed by atoms with Gasteiger partial charge in [0.05, 0.1) is 17.1 Å². The van der Waals surface area contributed by atoms with E-state index >= 15 is 0 Å². The summed E-state index contributed by atoms with van der Waals surface area (Å²) in [6, 6.07) is 8.14. The van der Waals surface area contributed by atoms with Crippen molar-refractivity contribution in [3.8, 4) is 6.07 Å². The van der Waals surface area contributed by atoms with E-state index in [1.807, 2.05) is 0 Å². The van der Waals surface area contributed by atoms with E-state index in [2.05, 4.69) is 6.07 Å². The van der Waals surface area contributed by atoms with Gasteiger partial charge in [-0.2, -0.15) is 5.26 Å². The summed E-state index contributed by atoms with van der Waals surface area (Å²) >= 11 is 0. The van der Waals surface area contributed by atoms with Gasteiger partial charge in [0.1, 0.15) is 0 Å². The Morgan fingerprint density at radius 3 is 2.83 bits per heavy atom. The van der Waals surface area contributed by atoms with E-state index in [1.54, 1.807) is 12.1 Å². The molecule has 0 bridgehead atoms. The molecule has 1 atom stereocenters.